The molecule has 5 heteroatoms. The number of carbonyl (C=O) groups is 2. The summed E-state index contributed by atoms with van der Waals surface area (Å²) < 4.78 is 10.1. The Bertz CT molecular complexity index is 509. The summed E-state index contributed by atoms with van der Waals surface area (Å²) in [7, 11) is 3.20. The second-order valence-corrected chi connectivity index (χ2v) is 6.16. The van der Waals surface area contributed by atoms with Gasteiger partial charge in [-0.1, -0.05) is 30.3 Å². The van der Waals surface area contributed by atoms with Crippen molar-refractivity contribution in [3.05, 3.63) is 35.9 Å². The van der Waals surface area contributed by atoms with E-state index in [4.69, 9.17) is 9.47 Å². The number of benzene rings is 1. The van der Waals surface area contributed by atoms with Gasteiger partial charge in [-0.2, -0.15) is 0 Å². The molecular formula is C18H25NO4. The standard InChI is InChI=1S/C18H25NO4/c1-19(18(21)23-13-15-6-4-3-5-7-15)12-14-8-10-16(11-9-14)17(20)22-2/h3-7,14,16H,8-13H2,1-2H3. The number of hydrogen-bond acceptors (Lipinski definition) is 4. The van der Waals surface area contributed by atoms with Crippen molar-refractivity contribution in [1.29, 1.82) is 0 Å². The van der Waals surface area contributed by atoms with Gasteiger partial charge in [0.1, 0.15) is 6.61 Å². The molecule has 0 spiro atoms. The van der Waals surface area contributed by atoms with Crippen LogP contribution in [0.25, 0.3) is 0 Å². The summed E-state index contributed by atoms with van der Waals surface area (Å²) in [6.45, 7) is 0.959. The SMILES string of the molecule is COC(=O)C1CCC(CN(C)C(=O)OCc2ccccc2)CC1. The first-order chi connectivity index (χ1) is 11.1. The van der Waals surface area contributed by atoms with E-state index >= 15 is 0 Å². The molecule has 126 valence electrons. The van der Waals surface area contributed by atoms with Crippen molar-refractivity contribution in [1.82, 2.24) is 4.90 Å². The van der Waals surface area contributed by atoms with Crippen molar-refractivity contribution < 1.29 is 19.1 Å². The van der Waals surface area contributed by atoms with E-state index < -0.39 is 0 Å². The van der Waals surface area contributed by atoms with Crippen LogP contribution < -0.4 is 0 Å². The molecule has 0 saturated heterocycles. The van der Waals surface area contributed by atoms with Crippen molar-refractivity contribution in [3.63, 3.8) is 0 Å². The van der Waals surface area contributed by atoms with Gasteiger partial charge in [-0.3, -0.25) is 4.79 Å². The predicted molar refractivity (Wildman–Crippen MR) is 86.7 cm³/mol. The van der Waals surface area contributed by atoms with E-state index in [1.165, 1.54) is 7.11 Å². The molecular weight excluding hydrogens is 294 g/mol. The molecule has 0 aromatic heterocycles. The van der Waals surface area contributed by atoms with Crippen LogP contribution >= 0.6 is 0 Å². The Morgan fingerprint density at radius 3 is 2.39 bits per heavy atom. The van der Waals surface area contributed by atoms with E-state index in [0.29, 0.717) is 19.1 Å². The number of hydrogen-bond donors (Lipinski definition) is 0. The Hall–Kier alpha value is -2.04. The van der Waals surface area contributed by atoms with E-state index in [2.05, 4.69) is 0 Å². The molecule has 1 aliphatic rings. The molecule has 1 aromatic rings. The maximum atomic E-state index is 12.0. The van der Waals surface area contributed by atoms with E-state index in [1.807, 2.05) is 30.3 Å². The first-order valence-electron chi connectivity index (χ1n) is 8.09. The summed E-state index contributed by atoms with van der Waals surface area (Å²) in [4.78, 5) is 25.2. The molecule has 0 bridgehead atoms. The number of ether oxygens (including phenoxy) is 2. The Balaban J connectivity index is 1.71. The smallest absolute Gasteiger partial charge is 0.409 e. The van der Waals surface area contributed by atoms with Gasteiger partial charge in [-0.15, -0.1) is 0 Å². The third-order valence-electron chi connectivity index (χ3n) is 4.43. The molecule has 1 fully saturated rings. The van der Waals surface area contributed by atoms with Crippen molar-refractivity contribution in [2.45, 2.75) is 32.3 Å². The summed E-state index contributed by atoms with van der Waals surface area (Å²) in [5.74, 6) is 0.329. The third-order valence-corrected chi connectivity index (χ3v) is 4.43. The number of esters is 1. The molecule has 1 amide bonds. The van der Waals surface area contributed by atoms with E-state index in [1.54, 1.807) is 11.9 Å². The van der Waals surface area contributed by atoms with Crippen LogP contribution in [0, 0.1) is 11.8 Å². The van der Waals surface area contributed by atoms with E-state index in [0.717, 1.165) is 31.2 Å². The first kappa shape index (κ1) is 17.3. The molecule has 5 nitrogen and oxygen atoms in total. The van der Waals surface area contributed by atoms with Crippen LogP contribution in [0.5, 0.6) is 0 Å². The number of amides is 1. The third kappa shape index (κ3) is 5.27. The highest BCUT2D eigenvalue weighted by molar-refractivity contribution is 5.72. The van der Waals surface area contributed by atoms with Crippen LogP contribution in [0.1, 0.15) is 31.2 Å². The van der Waals surface area contributed by atoms with E-state index in [-0.39, 0.29) is 18.0 Å². The van der Waals surface area contributed by atoms with Gasteiger partial charge in [0, 0.05) is 13.6 Å². The van der Waals surface area contributed by atoms with Crippen molar-refractivity contribution in [2.24, 2.45) is 11.8 Å². The molecule has 0 N–H and O–H groups in total. The first-order valence-corrected chi connectivity index (χ1v) is 8.09. The molecule has 0 unspecified atom stereocenters. The van der Waals surface area contributed by atoms with Crippen molar-refractivity contribution >= 4 is 12.1 Å². The highest BCUT2D eigenvalue weighted by atomic mass is 16.6. The Morgan fingerprint density at radius 2 is 1.78 bits per heavy atom. The number of nitrogens with zero attached hydrogens (tertiary/aromatic N) is 1. The maximum Gasteiger partial charge on any atom is 0.409 e. The summed E-state index contributed by atoms with van der Waals surface area (Å²) >= 11 is 0. The lowest BCUT2D eigenvalue weighted by atomic mass is 9.82. The quantitative estimate of drug-likeness (QED) is 0.782. The van der Waals surface area contributed by atoms with Gasteiger partial charge in [-0.25, -0.2) is 4.79 Å². The molecule has 2 rings (SSSR count). The topological polar surface area (TPSA) is 55.8 Å². The maximum absolute atomic E-state index is 12.0. The Kier molecular flexibility index (Phi) is 6.44. The summed E-state index contributed by atoms with van der Waals surface area (Å²) in [5, 5.41) is 0. The molecule has 0 aliphatic heterocycles. The largest absolute Gasteiger partial charge is 0.469 e. The van der Waals surface area contributed by atoms with Gasteiger partial charge in [0.2, 0.25) is 0 Å². The second kappa shape index (κ2) is 8.56. The highest BCUT2D eigenvalue weighted by Crippen LogP contribution is 2.30. The fourth-order valence-corrected chi connectivity index (χ4v) is 3.04. The zero-order valence-corrected chi connectivity index (χ0v) is 13.9. The lowest BCUT2D eigenvalue weighted by Crippen LogP contribution is -2.34. The van der Waals surface area contributed by atoms with E-state index in [9.17, 15) is 9.59 Å². The lowest BCUT2D eigenvalue weighted by Gasteiger charge is -2.29. The Morgan fingerprint density at radius 1 is 1.13 bits per heavy atom. The van der Waals surface area contributed by atoms with Gasteiger partial charge < -0.3 is 14.4 Å². The van der Waals surface area contributed by atoms with Crippen LogP contribution in [0.3, 0.4) is 0 Å². The average Bonchev–Trinajstić information content (AvgIpc) is 2.60. The summed E-state index contributed by atoms with van der Waals surface area (Å²) in [6, 6.07) is 9.64. The molecule has 1 aliphatic carbocycles. The zero-order chi connectivity index (χ0) is 16.7. The van der Waals surface area contributed by atoms with Crippen molar-refractivity contribution in [3.8, 4) is 0 Å². The number of carbonyl (C=O) groups excluding carboxylic acids is 2. The zero-order valence-electron chi connectivity index (χ0n) is 13.9. The van der Waals surface area contributed by atoms with Gasteiger partial charge >= 0.3 is 12.1 Å². The molecule has 0 atom stereocenters. The van der Waals surface area contributed by atoms with Crippen molar-refractivity contribution in [2.75, 3.05) is 20.7 Å². The Labute approximate surface area is 137 Å². The normalized spacial score (nSPS) is 20.6. The molecule has 1 saturated carbocycles. The lowest BCUT2D eigenvalue weighted by molar-refractivity contribution is -0.146. The van der Waals surface area contributed by atoms with Gasteiger partial charge in [0.25, 0.3) is 0 Å². The molecule has 1 aromatic carbocycles. The predicted octanol–water partition coefficient (Wildman–Crippen LogP) is 3.23. The molecule has 0 radical (unpaired) electrons. The molecule has 23 heavy (non-hydrogen) atoms. The van der Waals surface area contributed by atoms with Crippen LogP contribution in [0.15, 0.2) is 30.3 Å². The van der Waals surface area contributed by atoms with Gasteiger partial charge in [0.05, 0.1) is 13.0 Å². The van der Waals surface area contributed by atoms with Gasteiger partial charge in [0.15, 0.2) is 0 Å². The molecule has 0 heterocycles. The van der Waals surface area contributed by atoms with Crippen LogP contribution in [0.2, 0.25) is 0 Å². The van der Waals surface area contributed by atoms with Crippen LogP contribution in [-0.4, -0.2) is 37.7 Å². The van der Waals surface area contributed by atoms with Crippen LogP contribution in [-0.2, 0) is 20.9 Å². The number of rotatable bonds is 5. The minimum atomic E-state index is -0.302. The minimum Gasteiger partial charge on any atom is -0.469 e. The second-order valence-electron chi connectivity index (χ2n) is 6.16. The fourth-order valence-electron chi connectivity index (χ4n) is 3.04. The summed E-state index contributed by atoms with van der Waals surface area (Å²) in [6.07, 6.45) is 3.25. The number of methoxy groups -OCH3 is 1. The highest BCUT2D eigenvalue weighted by Gasteiger charge is 2.28. The average molecular weight is 319 g/mol. The monoisotopic (exact) mass is 319 g/mol. The van der Waals surface area contributed by atoms with Gasteiger partial charge in [-0.05, 0) is 37.2 Å². The van der Waals surface area contributed by atoms with Crippen LogP contribution in [0.4, 0.5) is 4.79 Å². The summed E-state index contributed by atoms with van der Waals surface area (Å²) in [5.41, 5.74) is 0.979. The minimum absolute atomic E-state index is 0.0200. The fraction of sp³-hybridized carbons (Fsp3) is 0.556.